The normalized spacial score (nSPS) is 14.0. The number of hydrogen-bond donors (Lipinski definition) is 0. The third-order valence-corrected chi connectivity index (χ3v) is 6.79. The number of rotatable bonds is 3. The van der Waals surface area contributed by atoms with Crippen molar-refractivity contribution < 1.29 is 17.6 Å². The van der Waals surface area contributed by atoms with Gasteiger partial charge in [0.2, 0.25) is 0 Å². The number of amides is 1. The van der Waals surface area contributed by atoms with Gasteiger partial charge in [0.05, 0.1) is 11.1 Å². The predicted molar refractivity (Wildman–Crippen MR) is 107 cm³/mol. The lowest BCUT2D eigenvalue weighted by molar-refractivity contribution is 0.0989. The molecule has 5 nitrogen and oxygen atoms in total. The average molecular weight is 416 g/mol. The molecule has 0 spiro atoms. The maximum Gasteiger partial charge on any atom is 0.270 e. The Bertz CT molecular complexity index is 1170. The molecular formula is C20H17FN2O3S2. The van der Waals surface area contributed by atoms with Crippen LogP contribution in [0.25, 0.3) is 10.6 Å². The Labute approximate surface area is 166 Å². The van der Waals surface area contributed by atoms with Crippen LogP contribution in [0.5, 0.6) is 0 Å². The van der Waals surface area contributed by atoms with Gasteiger partial charge in [-0.05, 0) is 48.7 Å². The zero-order valence-corrected chi connectivity index (χ0v) is 16.7. The van der Waals surface area contributed by atoms with Crippen LogP contribution in [0.4, 0.5) is 10.1 Å². The number of hydrogen-bond acceptors (Lipinski definition) is 5. The minimum absolute atomic E-state index is 0.215. The zero-order valence-electron chi connectivity index (χ0n) is 15.1. The largest absolute Gasteiger partial charge is 0.307 e. The van der Waals surface area contributed by atoms with E-state index in [1.54, 1.807) is 35.2 Å². The molecule has 0 saturated carbocycles. The van der Waals surface area contributed by atoms with Crippen molar-refractivity contribution in [2.75, 3.05) is 17.7 Å². The standard InChI is InChI=1S/C20H17FN2O3S2/c1-28(25,26)14-8-9-17-13(11-14)5-4-10-23(17)20(24)18-12-22-19(27-18)15-6-2-3-7-16(15)21/h2-3,6-9,11-12H,4-5,10H2,1H3. The summed E-state index contributed by atoms with van der Waals surface area (Å²) in [7, 11) is -3.30. The first kappa shape index (κ1) is 18.8. The van der Waals surface area contributed by atoms with Gasteiger partial charge in [-0.3, -0.25) is 4.79 Å². The predicted octanol–water partition coefficient (Wildman–Crippen LogP) is 3.95. The Morgan fingerprint density at radius 1 is 1.21 bits per heavy atom. The molecule has 2 aromatic carbocycles. The maximum atomic E-state index is 14.0. The summed E-state index contributed by atoms with van der Waals surface area (Å²) in [6.45, 7) is 0.539. The van der Waals surface area contributed by atoms with E-state index in [1.165, 1.54) is 24.6 Å². The lowest BCUT2D eigenvalue weighted by Gasteiger charge is -2.29. The summed E-state index contributed by atoms with van der Waals surface area (Å²) in [4.78, 5) is 19.6. The van der Waals surface area contributed by atoms with Gasteiger partial charge in [-0.1, -0.05) is 12.1 Å². The van der Waals surface area contributed by atoms with Crippen LogP contribution in [0.15, 0.2) is 53.6 Å². The Hall–Kier alpha value is -2.58. The molecule has 0 N–H and O–H groups in total. The van der Waals surface area contributed by atoms with Gasteiger partial charge < -0.3 is 4.90 Å². The van der Waals surface area contributed by atoms with Crippen LogP contribution in [0.2, 0.25) is 0 Å². The fourth-order valence-electron chi connectivity index (χ4n) is 3.28. The highest BCUT2D eigenvalue weighted by atomic mass is 32.2. The van der Waals surface area contributed by atoms with Crippen LogP contribution in [-0.2, 0) is 16.3 Å². The Balaban J connectivity index is 1.67. The van der Waals surface area contributed by atoms with E-state index in [-0.39, 0.29) is 16.6 Å². The third-order valence-electron chi connectivity index (χ3n) is 4.66. The molecule has 3 aromatic rings. The van der Waals surface area contributed by atoms with Crippen molar-refractivity contribution >= 4 is 32.8 Å². The summed E-state index contributed by atoms with van der Waals surface area (Å²) in [5, 5.41) is 0.450. The van der Waals surface area contributed by atoms with Gasteiger partial charge in [0.1, 0.15) is 15.7 Å². The monoisotopic (exact) mass is 416 g/mol. The second-order valence-electron chi connectivity index (χ2n) is 6.63. The van der Waals surface area contributed by atoms with Crippen LogP contribution in [-0.4, -0.2) is 32.1 Å². The van der Waals surface area contributed by atoms with Crippen molar-refractivity contribution in [3.63, 3.8) is 0 Å². The highest BCUT2D eigenvalue weighted by Crippen LogP contribution is 2.33. The van der Waals surface area contributed by atoms with Crippen molar-refractivity contribution in [1.29, 1.82) is 0 Å². The molecule has 0 aliphatic carbocycles. The number of thiazole rings is 1. The van der Waals surface area contributed by atoms with E-state index in [1.807, 2.05) is 0 Å². The van der Waals surface area contributed by atoms with E-state index in [9.17, 15) is 17.6 Å². The van der Waals surface area contributed by atoms with Gasteiger partial charge in [-0.25, -0.2) is 17.8 Å². The van der Waals surface area contributed by atoms with Crippen molar-refractivity contribution in [3.05, 3.63) is 64.9 Å². The number of carbonyl (C=O) groups excluding carboxylic acids is 1. The number of aromatic nitrogens is 1. The van der Waals surface area contributed by atoms with Crippen LogP contribution in [0.1, 0.15) is 21.7 Å². The fourth-order valence-corrected chi connectivity index (χ4v) is 4.84. The smallest absolute Gasteiger partial charge is 0.270 e. The molecule has 28 heavy (non-hydrogen) atoms. The Morgan fingerprint density at radius 2 is 2.00 bits per heavy atom. The molecule has 0 saturated heterocycles. The Morgan fingerprint density at radius 3 is 2.75 bits per heavy atom. The molecule has 8 heteroatoms. The summed E-state index contributed by atoms with van der Waals surface area (Å²) >= 11 is 1.15. The summed E-state index contributed by atoms with van der Waals surface area (Å²) in [5.41, 5.74) is 1.91. The van der Waals surface area contributed by atoms with Crippen LogP contribution in [0.3, 0.4) is 0 Å². The number of nitrogens with zero attached hydrogens (tertiary/aromatic N) is 2. The lowest BCUT2D eigenvalue weighted by atomic mass is 10.0. The summed E-state index contributed by atoms with van der Waals surface area (Å²) < 4.78 is 37.6. The SMILES string of the molecule is CS(=O)(=O)c1ccc2c(c1)CCCN2C(=O)c1cnc(-c2ccccc2F)s1. The third kappa shape index (κ3) is 3.45. The number of fused-ring (bicyclic) bond motifs is 1. The molecule has 1 aromatic heterocycles. The molecule has 0 bridgehead atoms. The van der Waals surface area contributed by atoms with Crippen LogP contribution < -0.4 is 4.90 Å². The molecule has 0 radical (unpaired) electrons. The van der Waals surface area contributed by atoms with Crippen LogP contribution >= 0.6 is 11.3 Å². The number of aryl methyl sites for hydroxylation is 1. The lowest BCUT2D eigenvalue weighted by Crippen LogP contribution is -2.35. The Kier molecular flexibility index (Phi) is 4.76. The molecule has 0 fully saturated rings. The van der Waals surface area contributed by atoms with E-state index in [0.29, 0.717) is 34.1 Å². The average Bonchev–Trinajstić information content (AvgIpc) is 3.16. The summed E-state index contributed by atoms with van der Waals surface area (Å²) in [5.74, 6) is -0.597. The van der Waals surface area contributed by atoms with Crippen molar-refractivity contribution in [2.45, 2.75) is 17.7 Å². The van der Waals surface area contributed by atoms with Gasteiger partial charge in [0, 0.05) is 24.1 Å². The second kappa shape index (κ2) is 7.10. The topological polar surface area (TPSA) is 67.3 Å². The molecule has 2 heterocycles. The molecular weight excluding hydrogens is 399 g/mol. The van der Waals surface area contributed by atoms with E-state index < -0.39 is 9.84 Å². The highest BCUT2D eigenvalue weighted by Gasteiger charge is 2.26. The van der Waals surface area contributed by atoms with Crippen LogP contribution in [0, 0.1) is 5.82 Å². The van der Waals surface area contributed by atoms with Gasteiger partial charge in [0.15, 0.2) is 9.84 Å². The van der Waals surface area contributed by atoms with Gasteiger partial charge in [-0.2, -0.15) is 0 Å². The molecule has 1 amide bonds. The fraction of sp³-hybridized carbons (Fsp3) is 0.200. The number of anilines is 1. The van der Waals surface area contributed by atoms with E-state index in [2.05, 4.69) is 4.98 Å². The second-order valence-corrected chi connectivity index (χ2v) is 9.68. The van der Waals surface area contributed by atoms with E-state index >= 15 is 0 Å². The molecule has 1 aliphatic heterocycles. The first-order chi connectivity index (χ1) is 13.3. The summed E-state index contributed by atoms with van der Waals surface area (Å²) in [6.07, 6.45) is 4.09. The minimum atomic E-state index is -3.30. The van der Waals surface area contributed by atoms with Gasteiger partial charge >= 0.3 is 0 Å². The maximum absolute atomic E-state index is 14.0. The molecule has 4 rings (SSSR count). The molecule has 144 valence electrons. The number of carbonyl (C=O) groups is 1. The quantitative estimate of drug-likeness (QED) is 0.649. The van der Waals surface area contributed by atoms with Gasteiger partial charge in [0.25, 0.3) is 5.91 Å². The summed E-state index contributed by atoms with van der Waals surface area (Å²) in [6, 6.07) is 11.2. The van der Waals surface area contributed by atoms with E-state index in [4.69, 9.17) is 0 Å². The first-order valence-corrected chi connectivity index (χ1v) is 11.4. The number of sulfone groups is 1. The molecule has 0 unspecified atom stereocenters. The first-order valence-electron chi connectivity index (χ1n) is 8.70. The highest BCUT2D eigenvalue weighted by molar-refractivity contribution is 7.90. The minimum Gasteiger partial charge on any atom is -0.307 e. The molecule has 0 atom stereocenters. The van der Waals surface area contributed by atoms with Crippen molar-refractivity contribution in [2.24, 2.45) is 0 Å². The zero-order chi connectivity index (χ0) is 19.9. The van der Waals surface area contributed by atoms with E-state index in [0.717, 1.165) is 23.3 Å². The van der Waals surface area contributed by atoms with Crippen molar-refractivity contribution in [3.8, 4) is 10.6 Å². The number of halogens is 1. The molecule has 1 aliphatic rings. The van der Waals surface area contributed by atoms with Gasteiger partial charge in [-0.15, -0.1) is 11.3 Å². The van der Waals surface area contributed by atoms with Crippen molar-refractivity contribution in [1.82, 2.24) is 4.98 Å². The number of benzene rings is 2.